The summed E-state index contributed by atoms with van der Waals surface area (Å²) in [6, 6.07) is -4.60. The second-order valence-electron chi connectivity index (χ2n) is 30.7. The molecule has 5 fully saturated rings. The molecular formula is C77H139N3O31. The zero-order valence-corrected chi connectivity index (χ0v) is 65.6. The summed E-state index contributed by atoms with van der Waals surface area (Å²) in [6.07, 6.45) is -8.98. The van der Waals surface area contributed by atoms with Gasteiger partial charge in [0.05, 0.1) is 63.9 Å². The quantitative estimate of drug-likeness (QED) is 0.0291. The normalized spacial score (nSPS) is 33.8. The van der Waals surface area contributed by atoms with E-state index in [2.05, 4.69) is 29.8 Å². The van der Waals surface area contributed by atoms with E-state index < -0.39 is 235 Å². The lowest BCUT2D eigenvalue weighted by molar-refractivity contribution is -0.390. The Bertz CT molecular complexity index is 2580. The lowest BCUT2D eigenvalue weighted by atomic mass is 9.88. The van der Waals surface area contributed by atoms with E-state index in [4.69, 9.17) is 47.4 Å². The predicted octanol–water partition coefficient (Wildman–Crippen LogP) is 0.518. The van der Waals surface area contributed by atoms with Crippen LogP contribution in [0.2, 0.25) is 0 Å². The Kier molecular flexibility index (Phi) is 47.0. The molecule has 5 heterocycles. The second kappa shape index (κ2) is 53.1. The number of carbonyl (C=O) groups is 4. The Labute approximate surface area is 653 Å². The number of aliphatic hydroxyl groups is 16. The fraction of sp³-hybridized carbons (Fsp3) is 0.922. The van der Waals surface area contributed by atoms with Crippen LogP contribution in [0.15, 0.2) is 12.2 Å². The van der Waals surface area contributed by atoms with Gasteiger partial charge in [0.2, 0.25) is 17.7 Å². The number of amides is 3. The number of unbranched alkanes of at least 4 members (excludes halogenated alkanes) is 29. The molecule has 5 aliphatic rings. The molecule has 0 radical (unpaired) electrons. The van der Waals surface area contributed by atoms with E-state index in [0.29, 0.717) is 12.8 Å². The van der Waals surface area contributed by atoms with Crippen molar-refractivity contribution < 1.29 is 153 Å². The maximum absolute atomic E-state index is 13.6. The first-order chi connectivity index (χ1) is 53.3. The number of hydrogen-bond donors (Lipinski definition) is 20. The third kappa shape index (κ3) is 31.4. The van der Waals surface area contributed by atoms with Gasteiger partial charge in [-0.05, 0) is 19.3 Å². The Balaban J connectivity index is 1.23. The number of nitrogens with one attached hydrogen (secondary N) is 3. The number of rotatable bonds is 56. The molecule has 10 unspecified atom stereocenters. The number of hydrogen-bond acceptors (Lipinski definition) is 30. The highest BCUT2D eigenvalue weighted by molar-refractivity contribution is 5.77. The van der Waals surface area contributed by atoms with Crippen LogP contribution in [0.5, 0.6) is 0 Å². The van der Waals surface area contributed by atoms with E-state index in [9.17, 15) is 106 Å². The molecule has 0 aromatic heterocycles. The van der Waals surface area contributed by atoms with Crippen LogP contribution >= 0.6 is 0 Å². The van der Waals surface area contributed by atoms with Crippen molar-refractivity contribution in [3.8, 4) is 0 Å². The topological polar surface area (TPSA) is 541 Å². The predicted molar refractivity (Wildman–Crippen MR) is 397 cm³/mol. The first-order valence-electron chi connectivity index (χ1n) is 41.1. The zero-order valence-electron chi connectivity index (χ0n) is 65.6. The Morgan fingerprint density at radius 1 is 0.468 bits per heavy atom. The largest absolute Gasteiger partial charge is 0.477 e. The molecule has 5 saturated heterocycles. The monoisotopic (exact) mass is 1600 g/mol. The lowest BCUT2D eigenvalue weighted by Crippen LogP contribution is -2.71. The number of carboxylic acid groups (broad SMARTS) is 1. The summed E-state index contributed by atoms with van der Waals surface area (Å²) in [4.78, 5) is 51.7. The standard InChI is InChI=1S/C77H139N3O31/c1-5-7-9-11-13-15-17-19-20-21-22-23-24-26-28-30-32-34-36-38-56(91)80-48(49(88)37-35-33-31-29-27-25-18-16-14-12-10-8-6-2)45-102-73-64(97)63(96)68(55(44-85)106-73)108-74-65(98)70(60(93)52(41-82)103-74)109-72-58(79-47(4)87)62(95)67(54(43-84)105-72)107-75-66(99)71(61(94)53(42-83)104-75)111-77(76(100)101)39-50(89)57(78-46(3)86)69(110-77)59(92)51(90)40-81/h35,37,48-55,57-75,81-85,88-90,92-99H,5-34,36,38-45H2,1-4H3,(H,78,86)(H,79,87)(H,80,91)(H,100,101)/b37-35+/t48-,49+,50?,51+,52?,53?,54?,55?,57+,58?,59+,60-,61-,62+,63+,64?,65?,66?,67+,68+,69?,70-,71-,72-,73+,74-,75-,77-/m0/s1. The Morgan fingerprint density at radius 2 is 0.874 bits per heavy atom. The molecule has 648 valence electrons. The Hall–Kier alpha value is -3.42. The summed E-state index contributed by atoms with van der Waals surface area (Å²) in [7, 11) is 0. The van der Waals surface area contributed by atoms with Gasteiger partial charge >= 0.3 is 5.97 Å². The molecule has 0 bridgehead atoms. The first kappa shape index (κ1) is 98.2. The van der Waals surface area contributed by atoms with Crippen molar-refractivity contribution in [1.82, 2.24) is 16.0 Å². The van der Waals surface area contributed by atoms with Gasteiger partial charge in [-0.2, -0.15) is 0 Å². The van der Waals surface area contributed by atoms with Crippen LogP contribution in [-0.2, 0) is 66.5 Å². The molecule has 5 aliphatic heterocycles. The maximum Gasteiger partial charge on any atom is 0.364 e. The molecule has 0 aromatic carbocycles. The number of ether oxygens (including phenoxy) is 10. The van der Waals surface area contributed by atoms with E-state index in [-0.39, 0.29) is 12.3 Å². The second-order valence-corrected chi connectivity index (χ2v) is 30.7. The minimum atomic E-state index is -3.19. The van der Waals surface area contributed by atoms with Crippen LogP contribution in [0.25, 0.3) is 0 Å². The summed E-state index contributed by atoms with van der Waals surface area (Å²) in [5.41, 5.74) is 0. The van der Waals surface area contributed by atoms with Gasteiger partial charge in [-0.15, -0.1) is 0 Å². The van der Waals surface area contributed by atoms with Crippen molar-refractivity contribution in [3.63, 3.8) is 0 Å². The van der Waals surface area contributed by atoms with Crippen LogP contribution < -0.4 is 16.0 Å². The Morgan fingerprint density at radius 3 is 1.32 bits per heavy atom. The molecule has 0 aliphatic carbocycles. The lowest BCUT2D eigenvalue weighted by Gasteiger charge is -2.51. The first-order valence-corrected chi connectivity index (χ1v) is 41.1. The van der Waals surface area contributed by atoms with Gasteiger partial charge in [-0.3, -0.25) is 14.4 Å². The van der Waals surface area contributed by atoms with Crippen molar-refractivity contribution >= 4 is 23.7 Å². The summed E-state index contributed by atoms with van der Waals surface area (Å²) in [6.45, 7) is 0.670. The van der Waals surface area contributed by atoms with Crippen molar-refractivity contribution in [2.75, 3.05) is 39.6 Å². The van der Waals surface area contributed by atoms with Crippen molar-refractivity contribution in [1.29, 1.82) is 0 Å². The van der Waals surface area contributed by atoms with E-state index in [0.717, 1.165) is 65.2 Å². The summed E-state index contributed by atoms with van der Waals surface area (Å²) >= 11 is 0. The minimum Gasteiger partial charge on any atom is -0.477 e. The third-order valence-corrected chi connectivity index (χ3v) is 21.6. The smallest absolute Gasteiger partial charge is 0.364 e. The van der Waals surface area contributed by atoms with Gasteiger partial charge in [0, 0.05) is 26.7 Å². The van der Waals surface area contributed by atoms with E-state index in [1.165, 1.54) is 135 Å². The minimum absolute atomic E-state index is 0.174. The molecule has 3 amide bonds. The molecule has 0 spiro atoms. The van der Waals surface area contributed by atoms with Crippen LogP contribution in [-0.4, -0.2) is 321 Å². The van der Waals surface area contributed by atoms with Crippen LogP contribution in [0, 0.1) is 0 Å². The number of aliphatic hydroxyl groups excluding tert-OH is 16. The molecule has 28 atom stereocenters. The molecule has 20 N–H and O–H groups in total. The number of carboxylic acids is 1. The third-order valence-electron chi connectivity index (χ3n) is 21.6. The molecule has 0 saturated carbocycles. The average Bonchev–Trinajstić information content (AvgIpc) is 0.752. The van der Waals surface area contributed by atoms with Gasteiger partial charge in [-0.1, -0.05) is 206 Å². The van der Waals surface area contributed by atoms with E-state index in [1.807, 2.05) is 6.08 Å². The van der Waals surface area contributed by atoms with Gasteiger partial charge < -0.3 is 150 Å². The fourth-order valence-electron chi connectivity index (χ4n) is 15.0. The highest BCUT2D eigenvalue weighted by Crippen LogP contribution is 2.40. The molecule has 34 heteroatoms. The summed E-state index contributed by atoms with van der Waals surface area (Å²) in [5, 5.41) is 197. The molecular weight excluding hydrogens is 1460 g/mol. The highest BCUT2D eigenvalue weighted by Gasteiger charge is 2.61. The summed E-state index contributed by atoms with van der Waals surface area (Å²) < 4.78 is 58.8. The fourth-order valence-corrected chi connectivity index (χ4v) is 15.0. The molecule has 0 aromatic rings. The summed E-state index contributed by atoms with van der Waals surface area (Å²) in [5.74, 6) is -7.31. The van der Waals surface area contributed by atoms with Crippen LogP contribution in [0.3, 0.4) is 0 Å². The maximum atomic E-state index is 13.6. The molecule has 34 nitrogen and oxygen atoms in total. The number of allylic oxidation sites excluding steroid dienone is 1. The molecule has 5 rings (SSSR count). The average molecular weight is 1600 g/mol. The van der Waals surface area contributed by atoms with Gasteiger partial charge in [0.15, 0.2) is 25.2 Å². The van der Waals surface area contributed by atoms with Gasteiger partial charge in [-0.25, -0.2) is 4.79 Å². The highest BCUT2D eigenvalue weighted by atomic mass is 16.8. The molecule has 111 heavy (non-hydrogen) atoms. The SMILES string of the molecule is CCCCCCCCCCCCC/C=C/[C@@H](O)[C@H](CO[C@@H]1OC(CO)[C@@H](O[C@@H]2OC(CO)[C@H](O)[C@H](O[C@@H]3OC(CO)[C@@H](O[C@@H]4OC(CO)[C@H](O)[C@H](O[C@]5(C(=O)O)CC(O)[C@@H](NC(C)=O)C([C@H](O)[C@H](O)CO)O5)C4O)[C@H](O)C3NC(C)=O)C2O)[C@H](O)C1O)NC(=O)CCCCCCCCCCCCCCCCCCCCC. The van der Waals surface area contributed by atoms with E-state index >= 15 is 0 Å². The van der Waals surface area contributed by atoms with Gasteiger partial charge in [0.25, 0.3) is 5.79 Å². The van der Waals surface area contributed by atoms with Crippen molar-refractivity contribution in [2.24, 2.45) is 0 Å². The zero-order chi connectivity index (χ0) is 81.6. The van der Waals surface area contributed by atoms with Crippen molar-refractivity contribution in [2.45, 2.75) is 411 Å². The van der Waals surface area contributed by atoms with Crippen LogP contribution in [0.4, 0.5) is 0 Å². The van der Waals surface area contributed by atoms with Crippen molar-refractivity contribution in [3.05, 3.63) is 12.2 Å². The van der Waals surface area contributed by atoms with E-state index in [1.54, 1.807) is 6.08 Å². The van der Waals surface area contributed by atoms with Crippen LogP contribution in [0.1, 0.15) is 240 Å². The van der Waals surface area contributed by atoms with Gasteiger partial charge in [0.1, 0.15) is 116 Å². The number of aliphatic carboxylic acids is 1. The number of carbonyl (C=O) groups excluding carboxylic acids is 3.